The van der Waals surface area contributed by atoms with Crippen LogP contribution in [0, 0.1) is 5.92 Å². The third-order valence-corrected chi connectivity index (χ3v) is 1.85. The zero-order chi connectivity index (χ0) is 16.6. The summed E-state index contributed by atoms with van der Waals surface area (Å²) in [7, 11) is 0. The molecule has 0 rings (SSSR count). The quantitative estimate of drug-likeness (QED) is 0.441. The van der Waals surface area contributed by atoms with Crippen molar-refractivity contribution in [2.45, 2.75) is 103 Å². The SMILES string of the molecule is C/C=C(/C)C(C)CC.CC.CC.CC.CC.CC. The molecule has 1 unspecified atom stereocenters. The Hall–Kier alpha value is -0.260. The molecular weight excluding hydrogens is 216 g/mol. The molecule has 18 heavy (non-hydrogen) atoms. The molecule has 0 nitrogen and oxygen atoms in total. The fourth-order valence-electron chi connectivity index (χ4n) is 0.606. The molecule has 1 atom stereocenters. The largest absolute Gasteiger partial charge is 0.0885 e. The number of allylic oxidation sites excluding steroid dienone is 2. The Balaban J connectivity index is -0.0000000304. The van der Waals surface area contributed by atoms with E-state index < -0.39 is 0 Å². The summed E-state index contributed by atoms with van der Waals surface area (Å²) in [4.78, 5) is 0. The van der Waals surface area contributed by atoms with Crippen molar-refractivity contribution >= 4 is 0 Å². The van der Waals surface area contributed by atoms with Gasteiger partial charge in [0.1, 0.15) is 0 Å². The number of hydrogen-bond donors (Lipinski definition) is 0. The summed E-state index contributed by atoms with van der Waals surface area (Å²) in [6, 6.07) is 0. The van der Waals surface area contributed by atoms with Crippen LogP contribution in [-0.4, -0.2) is 0 Å². The van der Waals surface area contributed by atoms with E-state index in [9.17, 15) is 0 Å². The Morgan fingerprint density at radius 3 is 1.06 bits per heavy atom. The second kappa shape index (κ2) is 69.2. The van der Waals surface area contributed by atoms with Gasteiger partial charge in [0.05, 0.1) is 0 Å². The lowest BCUT2D eigenvalue weighted by atomic mass is 10.0. The fourth-order valence-corrected chi connectivity index (χ4v) is 0.606. The molecule has 0 saturated heterocycles. The van der Waals surface area contributed by atoms with E-state index in [1.807, 2.05) is 69.2 Å². The van der Waals surface area contributed by atoms with Crippen LogP contribution in [0.2, 0.25) is 0 Å². The van der Waals surface area contributed by atoms with E-state index in [1.165, 1.54) is 12.0 Å². The highest BCUT2D eigenvalue weighted by atomic mass is 14.0. The second-order valence-electron chi connectivity index (χ2n) is 2.34. The molecule has 0 heterocycles. The molecule has 0 saturated carbocycles. The van der Waals surface area contributed by atoms with E-state index in [-0.39, 0.29) is 0 Å². The lowest BCUT2D eigenvalue weighted by Crippen LogP contribution is -1.91. The van der Waals surface area contributed by atoms with Gasteiger partial charge in [0, 0.05) is 0 Å². The van der Waals surface area contributed by atoms with Gasteiger partial charge in [-0.2, -0.15) is 0 Å². The monoisotopic (exact) mass is 262 g/mol. The van der Waals surface area contributed by atoms with Crippen molar-refractivity contribution in [1.29, 1.82) is 0 Å². The first-order chi connectivity index (χ1) is 8.72. The maximum Gasteiger partial charge on any atom is -0.0237 e. The smallest absolute Gasteiger partial charge is 0.0237 e. The van der Waals surface area contributed by atoms with Crippen LogP contribution in [-0.2, 0) is 0 Å². The Kier molecular flexibility index (Phi) is 139. The normalized spacial score (nSPS) is 8.89. The highest BCUT2D eigenvalue weighted by Crippen LogP contribution is 2.11. The predicted molar refractivity (Wildman–Crippen MR) is 95.6 cm³/mol. The van der Waals surface area contributed by atoms with Gasteiger partial charge in [-0.25, -0.2) is 0 Å². The predicted octanol–water partition coefficient (Wildman–Crippen LogP) is 8.13. The van der Waals surface area contributed by atoms with E-state index in [0.717, 1.165) is 5.92 Å². The van der Waals surface area contributed by atoms with E-state index in [2.05, 4.69) is 33.8 Å². The summed E-state index contributed by atoms with van der Waals surface area (Å²) in [5.41, 5.74) is 1.51. The maximum absolute atomic E-state index is 2.26. The van der Waals surface area contributed by atoms with Gasteiger partial charge in [-0.1, -0.05) is 94.7 Å². The first-order valence-corrected chi connectivity index (χ1v) is 8.35. The van der Waals surface area contributed by atoms with Crippen LogP contribution in [0.15, 0.2) is 11.6 Å². The fraction of sp³-hybridized carbons (Fsp3) is 0.889. The lowest BCUT2D eigenvalue weighted by Gasteiger charge is -2.06. The summed E-state index contributed by atoms with van der Waals surface area (Å²) >= 11 is 0. The molecule has 0 fully saturated rings. The molecule has 0 spiro atoms. The van der Waals surface area contributed by atoms with Gasteiger partial charge in [0.15, 0.2) is 0 Å². The Morgan fingerprint density at radius 1 is 0.778 bits per heavy atom. The summed E-state index contributed by atoms with van der Waals surface area (Å²) in [5, 5.41) is 0. The van der Waals surface area contributed by atoms with Crippen molar-refractivity contribution in [2.75, 3.05) is 0 Å². The molecule has 0 amide bonds. The molecule has 0 aromatic rings. The first kappa shape index (κ1) is 36.1. The van der Waals surface area contributed by atoms with Gasteiger partial charge in [-0.3, -0.25) is 0 Å². The van der Waals surface area contributed by atoms with E-state index in [0.29, 0.717) is 0 Å². The molecular formula is C18H46. The van der Waals surface area contributed by atoms with E-state index in [1.54, 1.807) is 0 Å². The Morgan fingerprint density at radius 2 is 1.00 bits per heavy atom. The van der Waals surface area contributed by atoms with Crippen molar-refractivity contribution in [3.63, 3.8) is 0 Å². The Bertz CT molecular complexity index is 80.0. The Labute approximate surface area is 121 Å². The zero-order valence-electron chi connectivity index (χ0n) is 16.4. The molecule has 0 bridgehead atoms. The van der Waals surface area contributed by atoms with Crippen LogP contribution in [0.25, 0.3) is 0 Å². The molecule has 0 N–H and O–H groups in total. The molecule has 0 aliphatic carbocycles. The average molecular weight is 263 g/mol. The molecule has 118 valence electrons. The highest BCUT2D eigenvalue weighted by Gasteiger charge is 1.96. The number of hydrogen-bond acceptors (Lipinski definition) is 0. The van der Waals surface area contributed by atoms with Crippen LogP contribution in [0.4, 0.5) is 0 Å². The van der Waals surface area contributed by atoms with E-state index >= 15 is 0 Å². The van der Waals surface area contributed by atoms with Gasteiger partial charge in [-0.15, -0.1) is 0 Å². The van der Waals surface area contributed by atoms with Crippen LogP contribution >= 0.6 is 0 Å². The van der Waals surface area contributed by atoms with Gasteiger partial charge in [0.25, 0.3) is 0 Å². The molecule has 0 heteroatoms. The van der Waals surface area contributed by atoms with Gasteiger partial charge >= 0.3 is 0 Å². The summed E-state index contributed by atoms with van der Waals surface area (Å²) in [6.07, 6.45) is 3.45. The molecule has 0 aliphatic rings. The first-order valence-electron chi connectivity index (χ1n) is 8.35. The van der Waals surface area contributed by atoms with Crippen LogP contribution in [0.1, 0.15) is 103 Å². The molecule has 0 aliphatic heterocycles. The van der Waals surface area contributed by atoms with E-state index in [4.69, 9.17) is 0 Å². The molecule has 0 aromatic heterocycles. The van der Waals surface area contributed by atoms with Crippen molar-refractivity contribution in [3.05, 3.63) is 11.6 Å². The third-order valence-electron chi connectivity index (χ3n) is 1.85. The lowest BCUT2D eigenvalue weighted by molar-refractivity contribution is 0.654. The van der Waals surface area contributed by atoms with Crippen molar-refractivity contribution in [3.8, 4) is 0 Å². The summed E-state index contributed by atoms with van der Waals surface area (Å²) in [6.45, 7) is 28.8. The molecule has 0 radical (unpaired) electrons. The van der Waals surface area contributed by atoms with Crippen molar-refractivity contribution < 1.29 is 0 Å². The van der Waals surface area contributed by atoms with Gasteiger partial charge in [0.2, 0.25) is 0 Å². The average Bonchev–Trinajstić information content (AvgIpc) is 2.55. The minimum atomic E-state index is 0.778. The number of rotatable bonds is 2. The zero-order valence-corrected chi connectivity index (χ0v) is 16.4. The van der Waals surface area contributed by atoms with Gasteiger partial charge < -0.3 is 0 Å². The standard InChI is InChI=1S/C8H16.5C2H6/c1-5-7(3)8(4)6-2;5*1-2/h5,8H,6H2,1-4H3;5*1-2H3/b7-5-;;;;;. The van der Waals surface area contributed by atoms with Crippen LogP contribution in [0.3, 0.4) is 0 Å². The minimum Gasteiger partial charge on any atom is -0.0885 e. The van der Waals surface area contributed by atoms with Crippen LogP contribution in [0.5, 0.6) is 0 Å². The summed E-state index contributed by atoms with van der Waals surface area (Å²) < 4.78 is 0. The van der Waals surface area contributed by atoms with Gasteiger partial charge in [-0.05, 0) is 26.2 Å². The third kappa shape index (κ3) is 57.1. The highest BCUT2D eigenvalue weighted by molar-refractivity contribution is 4.99. The minimum absolute atomic E-state index is 0.778. The summed E-state index contributed by atoms with van der Waals surface area (Å²) in [5.74, 6) is 0.778. The van der Waals surface area contributed by atoms with Crippen molar-refractivity contribution in [1.82, 2.24) is 0 Å². The molecule has 0 aromatic carbocycles. The van der Waals surface area contributed by atoms with Crippen LogP contribution < -0.4 is 0 Å². The topological polar surface area (TPSA) is 0 Å². The van der Waals surface area contributed by atoms with Crippen molar-refractivity contribution in [2.24, 2.45) is 5.92 Å². The second-order valence-corrected chi connectivity index (χ2v) is 2.34. The maximum atomic E-state index is 2.26.